The summed E-state index contributed by atoms with van der Waals surface area (Å²) < 4.78 is 0. The predicted octanol–water partition coefficient (Wildman–Crippen LogP) is -0.400. The highest BCUT2D eigenvalue weighted by Gasteiger charge is 2.43. The van der Waals surface area contributed by atoms with Crippen molar-refractivity contribution >= 4 is 17.8 Å². The van der Waals surface area contributed by atoms with Crippen LogP contribution in [-0.4, -0.2) is 41.0 Å². The Morgan fingerprint density at radius 3 is 2.20 bits per heavy atom. The minimum absolute atomic E-state index is 0.193. The molecule has 1 aliphatic rings. The van der Waals surface area contributed by atoms with E-state index in [0.29, 0.717) is 12.8 Å². The van der Waals surface area contributed by atoms with E-state index in [1.54, 1.807) is 13.8 Å². The normalized spacial score (nSPS) is 18.6. The number of nitrogens with one attached hydrogen (secondary N) is 2. The van der Waals surface area contributed by atoms with E-state index in [-0.39, 0.29) is 12.5 Å². The van der Waals surface area contributed by atoms with Crippen molar-refractivity contribution < 1.29 is 19.5 Å². The van der Waals surface area contributed by atoms with Crippen molar-refractivity contribution in [2.45, 2.75) is 51.1 Å². The summed E-state index contributed by atoms with van der Waals surface area (Å²) in [5.41, 5.74) is 4.25. The first-order valence-electron chi connectivity index (χ1n) is 6.87. The molecule has 0 aromatic heterocycles. The van der Waals surface area contributed by atoms with E-state index >= 15 is 0 Å². The lowest BCUT2D eigenvalue weighted by Gasteiger charge is -2.31. The van der Waals surface area contributed by atoms with Crippen LogP contribution in [0.3, 0.4) is 0 Å². The average molecular weight is 285 g/mol. The number of carbonyl (C=O) groups excluding carboxylic acids is 2. The van der Waals surface area contributed by atoms with Crippen LogP contribution in [0.2, 0.25) is 0 Å². The molecular weight excluding hydrogens is 262 g/mol. The summed E-state index contributed by atoms with van der Waals surface area (Å²) in [4.78, 5) is 35.1. The van der Waals surface area contributed by atoms with Crippen LogP contribution in [0.25, 0.3) is 0 Å². The third-order valence-electron chi connectivity index (χ3n) is 3.68. The zero-order valence-electron chi connectivity index (χ0n) is 11.9. The number of carboxylic acid groups (broad SMARTS) is 1. The Balaban J connectivity index is 2.84. The number of aliphatic carboxylic acids is 1. The SMILES string of the molecule is CC(C)C(NC(=O)C1(NC(=O)CN)CCCC1)C(=O)O. The molecule has 5 N–H and O–H groups in total. The lowest BCUT2D eigenvalue weighted by Crippen LogP contribution is -2.61. The predicted molar refractivity (Wildman–Crippen MR) is 72.8 cm³/mol. The van der Waals surface area contributed by atoms with Crippen molar-refractivity contribution in [2.24, 2.45) is 11.7 Å². The standard InChI is InChI=1S/C13H23N3O4/c1-8(2)10(11(18)19)15-12(20)13(5-3-4-6-13)16-9(17)7-14/h8,10H,3-7,14H2,1-2H3,(H,15,20)(H,16,17)(H,18,19). The highest BCUT2D eigenvalue weighted by molar-refractivity contribution is 5.94. The lowest BCUT2D eigenvalue weighted by molar-refractivity contribution is -0.144. The highest BCUT2D eigenvalue weighted by Crippen LogP contribution is 2.30. The molecule has 1 saturated carbocycles. The van der Waals surface area contributed by atoms with Gasteiger partial charge in [0.05, 0.1) is 6.54 Å². The number of carboxylic acids is 1. The molecule has 114 valence electrons. The maximum atomic E-state index is 12.4. The first-order chi connectivity index (χ1) is 9.32. The largest absolute Gasteiger partial charge is 0.480 e. The topological polar surface area (TPSA) is 122 Å². The second kappa shape index (κ2) is 6.69. The van der Waals surface area contributed by atoms with Gasteiger partial charge < -0.3 is 21.5 Å². The Morgan fingerprint density at radius 2 is 1.80 bits per heavy atom. The maximum Gasteiger partial charge on any atom is 0.326 e. The molecule has 1 atom stereocenters. The fourth-order valence-electron chi connectivity index (χ4n) is 2.50. The molecule has 0 spiro atoms. The summed E-state index contributed by atoms with van der Waals surface area (Å²) in [5.74, 6) is -2.15. The van der Waals surface area contributed by atoms with Gasteiger partial charge in [0.1, 0.15) is 11.6 Å². The first-order valence-corrected chi connectivity index (χ1v) is 6.87. The molecule has 0 aliphatic heterocycles. The summed E-state index contributed by atoms with van der Waals surface area (Å²) in [7, 11) is 0. The van der Waals surface area contributed by atoms with Crippen LogP contribution in [0.15, 0.2) is 0 Å². The average Bonchev–Trinajstić information content (AvgIpc) is 2.84. The van der Waals surface area contributed by atoms with E-state index in [0.717, 1.165) is 12.8 Å². The molecule has 1 fully saturated rings. The minimum Gasteiger partial charge on any atom is -0.480 e. The number of nitrogens with two attached hydrogens (primary N) is 1. The lowest BCUT2D eigenvalue weighted by atomic mass is 9.94. The summed E-state index contributed by atoms with van der Waals surface area (Å²) in [5, 5.41) is 14.3. The van der Waals surface area contributed by atoms with Crippen molar-refractivity contribution in [1.29, 1.82) is 0 Å². The van der Waals surface area contributed by atoms with Gasteiger partial charge in [-0.15, -0.1) is 0 Å². The van der Waals surface area contributed by atoms with Gasteiger partial charge >= 0.3 is 5.97 Å². The fraction of sp³-hybridized carbons (Fsp3) is 0.769. The molecule has 0 aromatic rings. The summed E-state index contributed by atoms with van der Waals surface area (Å²) in [6, 6.07) is -0.963. The Kier molecular flexibility index (Phi) is 5.50. The van der Waals surface area contributed by atoms with Gasteiger partial charge in [-0.3, -0.25) is 9.59 Å². The first kappa shape index (κ1) is 16.4. The van der Waals surface area contributed by atoms with E-state index in [1.807, 2.05) is 0 Å². The number of hydrogen-bond donors (Lipinski definition) is 4. The Hall–Kier alpha value is -1.63. The number of carbonyl (C=O) groups is 3. The van der Waals surface area contributed by atoms with Crippen LogP contribution in [-0.2, 0) is 14.4 Å². The van der Waals surface area contributed by atoms with Gasteiger partial charge in [-0.05, 0) is 18.8 Å². The fourth-order valence-corrected chi connectivity index (χ4v) is 2.50. The monoisotopic (exact) mass is 285 g/mol. The molecular formula is C13H23N3O4. The Labute approximate surface area is 118 Å². The third kappa shape index (κ3) is 3.69. The number of amides is 2. The highest BCUT2D eigenvalue weighted by atomic mass is 16.4. The van der Waals surface area contributed by atoms with E-state index in [9.17, 15) is 14.4 Å². The molecule has 0 bridgehead atoms. The molecule has 0 heterocycles. The molecule has 0 aromatic carbocycles. The van der Waals surface area contributed by atoms with Gasteiger partial charge in [0.25, 0.3) is 0 Å². The summed E-state index contributed by atoms with van der Waals surface area (Å²) >= 11 is 0. The van der Waals surface area contributed by atoms with Crippen LogP contribution >= 0.6 is 0 Å². The molecule has 0 radical (unpaired) electrons. The summed E-state index contributed by atoms with van der Waals surface area (Å²) in [6.07, 6.45) is 2.65. The second-order valence-corrected chi connectivity index (χ2v) is 5.57. The molecule has 1 rings (SSSR count). The van der Waals surface area contributed by atoms with Gasteiger partial charge in [0.2, 0.25) is 11.8 Å². The van der Waals surface area contributed by atoms with E-state index in [4.69, 9.17) is 10.8 Å². The zero-order chi connectivity index (χ0) is 15.3. The van der Waals surface area contributed by atoms with Gasteiger partial charge in [-0.1, -0.05) is 26.7 Å². The minimum atomic E-state index is -1.08. The van der Waals surface area contributed by atoms with Crippen molar-refractivity contribution in [3.63, 3.8) is 0 Å². The molecule has 2 amide bonds. The second-order valence-electron chi connectivity index (χ2n) is 5.57. The van der Waals surface area contributed by atoms with Crippen molar-refractivity contribution in [3.8, 4) is 0 Å². The molecule has 7 nitrogen and oxygen atoms in total. The van der Waals surface area contributed by atoms with Crippen LogP contribution in [0.4, 0.5) is 0 Å². The smallest absolute Gasteiger partial charge is 0.326 e. The van der Waals surface area contributed by atoms with Crippen molar-refractivity contribution in [1.82, 2.24) is 10.6 Å². The van der Waals surface area contributed by atoms with Gasteiger partial charge in [0, 0.05) is 0 Å². The number of hydrogen-bond acceptors (Lipinski definition) is 4. The Bertz CT molecular complexity index is 389. The molecule has 7 heteroatoms. The third-order valence-corrected chi connectivity index (χ3v) is 3.68. The van der Waals surface area contributed by atoms with E-state index in [2.05, 4.69) is 10.6 Å². The van der Waals surface area contributed by atoms with E-state index in [1.165, 1.54) is 0 Å². The molecule has 1 unspecified atom stereocenters. The molecule has 1 aliphatic carbocycles. The zero-order valence-corrected chi connectivity index (χ0v) is 11.9. The van der Waals surface area contributed by atoms with Gasteiger partial charge in [-0.2, -0.15) is 0 Å². The number of rotatable bonds is 6. The van der Waals surface area contributed by atoms with E-state index < -0.39 is 29.4 Å². The van der Waals surface area contributed by atoms with Gasteiger partial charge in [0.15, 0.2) is 0 Å². The summed E-state index contributed by atoms with van der Waals surface area (Å²) in [6.45, 7) is 3.25. The van der Waals surface area contributed by atoms with Crippen LogP contribution in [0.5, 0.6) is 0 Å². The Morgan fingerprint density at radius 1 is 1.25 bits per heavy atom. The maximum absolute atomic E-state index is 12.4. The quantitative estimate of drug-likeness (QED) is 0.529. The van der Waals surface area contributed by atoms with Gasteiger partial charge in [-0.25, -0.2) is 4.79 Å². The van der Waals surface area contributed by atoms with Crippen LogP contribution < -0.4 is 16.4 Å². The van der Waals surface area contributed by atoms with Crippen molar-refractivity contribution in [2.75, 3.05) is 6.54 Å². The molecule has 0 saturated heterocycles. The van der Waals surface area contributed by atoms with Crippen molar-refractivity contribution in [3.05, 3.63) is 0 Å². The van der Waals surface area contributed by atoms with Crippen LogP contribution in [0, 0.1) is 5.92 Å². The van der Waals surface area contributed by atoms with Crippen LogP contribution in [0.1, 0.15) is 39.5 Å². The molecule has 20 heavy (non-hydrogen) atoms.